The molecule has 7 nitrogen and oxygen atoms in total. The van der Waals surface area contributed by atoms with Crippen molar-refractivity contribution >= 4 is 11.6 Å². The Morgan fingerprint density at radius 1 is 1.27 bits per heavy atom. The van der Waals surface area contributed by atoms with E-state index in [0.717, 1.165) is 47.8 Å². The maximum Gasteiger partial charge on any atom is 0.195 e. The Morgan fingerprint density at radius 3 is 2.81 bits per heavy atom. The fourth-order valence-corrected chi connectivity index (χ4v) is 2.54. The van der Waals surface area contributed by atoms with Gasteiger partial charge >= 0.3 is 0 Å². The smallest absolute Gasteiger partial charge is 0.195 e. The summed E-state index contributed by atoms with van der Waals surface area (Å²) in [4.78, 5) is 4.26. The van der Waals surface area contributed by atoms with Crippen molar-refractivity contribution in [2.45, 2.75) is 26.7 Å². The molecule has 1 aromatic heterocycles. The Hall–Kier alpha value is -2.54. The summed E-state index contributed by atoms with van der Waals surface area (Å²) in [6, 6.07) is 7.81. The van der Waals surface area contributed by atoms with E-state index in [2.05, 4.69) is 20.8 Å². The zero-order chi connectivity index (χ0) is 18.8. The van der Waals surface area contributed by atoms with E-state index in [-0.39, 0.29) is 0 Å². The second-order valence-electron chi connectivity index (χ2n) is 5.90. The SMILES string of the molecule is CN=C(NCCc1c(C)noc1C)Nc1cccc(OCCCOC)c1. The first-order chi connectivity index (χ1) is 12.6. The molecule has 0 bridgehead atoms. The summed E-state index contributed by atoms with van der Waals surface area (Å²) >= 11 is 0. The van der Waals surface area contributed by atoms with Crippen molar-refractivity contribution in [3.63, 3.8) is 0 Å². The Balaban J connectivity index is 1.83. The monoisotopic (exact) mass is 360 g/mol. The van der Waals surface area contributed by atoms with Gasteiger partial charge in [-0.15, -0.1) is 0 Å². The minimum Gasteiger partial charge on any atom is -0.493 e. The molecule has 0 radical (unpaired) electrons. The molecule has 0 amide bonds. The maximum atomic E-state index is 5.72. The van der Waals surface area contributed by atoms with Gasteiger partial charge in [-0.25, -0.2) is 0 Å². The van der Waals surface area contributed by atoms with Gasteiger partial charge in [-0.1, -0.05) is 11.2 Å². The number of methoxy groups -OCH3 is 1. The third-order valence-corrected chi connectivity index (χ3v) is 3.93. The van der Waals surface area contributed by atoms with E-state index in [9.17, 15) is 0 Å². The molecule has 7 heteroatoms. The topological polar surface area (TPSA) is 80.9 Å². The average Bonchev–Trinajstić information content (AvgIpc) is 2.96. The molecular formula is C19H28N4O3. The van der Waals surface area contributed by atoms with Crippen molar-refractivity contribution in [1.82, 2.24) is 10.5 Å². The first kappa shape index (κ1) is 19.8. The summed E-state index contributed by atoms with van der Waals surface area (Å²) in [6.45, 7) is 5.94. The lowest BCUT2D eigenvalue weighted by atomic mass is 10.1. The average molecular weight is 360 g/mol. The van der Waals surface area contributed by atoms with Gasteiger partial charge in [0, 0.05) is 51.0 Å². The van der Waals surface area contributed by atoms with Gasteiger partial charge in [0.05, 0.1) is 12.3 Å². The van der Waals surface area contributed by atoms with Gasteiger partial charge in [-0.05, 0) is 32.4 Å². The number of guanidine groups is 1. The number of aryl methyl sites for hydroxylation is 2. The van der Waals surface area contributed by atoms with Gasteiger partial charge in [0.1, 0.15) is 11.5 Å². The molecule has 2 aromatic rings. The molecule has 0 spiro atoms. The summed E-state index contributed by atoms with van der Waals surface area (Å²) in [7, 11) is 3.44. The van der Waals surface area contributed by atoms with Gasteiger partial charge in [-0.3, -0.25) is 4.99 Å². The number of ether oxygens (including phenoxy) is 2. The van der Waals surface area contributed by atoms with Gasteiger partial charge < -0.3 is 24.6 Å². The van der Waals surface area contributed by atoms with Gasteiger partial charge in [0.25, 0.3) is 0 Å². The number of aliphatic imine (C=N–C) groups is 1. The first-order valence-electron chi connectivity index (χ1n) is 8.75. The van der Waals surface area contributed by atoms with Crippen LogP contribution in [0.3, 0.4) is 0 Å². The van der Waals surface area contributed by atoms with E-state index >= 15 is 0 Å². The molecule has 0 saturated heterocycles. The van der Waals surface area contributed by atoms with Crippen LogP contribution < -0.4 is 15.4 Å². The Bertz CT molecular complexity index is 693. The number of benzene rings is 1. The third kappa shape index (κ3) is 6.07. The van der Waals surface area contributed by atoms with Crippen molar-refractivity contribution < 1.29 is 14.0 Å². The highest BCUT2D eigenvalue weighted by Crippen LogP contribution is 2.17. The second-order valence-corrected chi connectivity index (χ2v) is 5.90. The largest absolute Gasteiger partial charge is 0.493 e. The zero-order valence-corrected chi connectivity index (χ0v) is 16.0. The number of rotatable bonds is 9. The van der Waals surface area contributed by atoms with Crippen LogP contribution in [-0.2, 0) is 11.2 Å². The normalized spacial score (nSPS) is 11.5. The predicted molar refractivity (Wildman–Crippen MR) is 103 cm³/mol. The Labute approximate surface area is 154 Å². The Morgan fingerprint density at radius 2 is 2.12 bits per heavy atom. The fourth-order valence-electron chi connectivity index (χ4n) is 2.54. The quantitative estimate of drug-likeness (QED) is 0.407. The van der Waals surface area contributed by atoms with Crippen molar-refractivity contribution in [2.24, 2.45) is 4.99 Å². The first-order valence-corrected chi connectivity index (χ1v) is 8.75. The molecule has 0 saturated carbocycles. The molecule has 0 atom stereocenters. The number of nitrogens with zero attached hydrogens (tertiary/aromatic N) is 2. The van der Waals surface area contributed by atoms with E-state index in [4.69, 9.17) is 14.0 Å². The molecule has 142 valence electrons. The van der Waals surface area contributed by atoms with Crippen molar-refractivity contribution in [3.8, 4) is 5.75 Å². The molecule has 0 fully saturated rings. The summed E-state index contributed by atoms with van der Waals surface area (Å²) in [5, 5.41) is 10.6. The lowest BCUT2D eigenvalue weighted by molar-refractivity contribution is 0.172. The summed E-state index contributed by atoms with van der Waals surface area (Å²) in [5.41, 5.74) is 2.99. The molecule has 0 unspecified atom stereocenters. The van der Waals surface area contributed by atoms with Crippen LogP contribution in [0, 0.1) is 13.8 Å². The van der Waals surface area contributed by atoms with E-state index in [0.29, 0.717) is 19.2 Å². The van der Waals surface area contributed by atoms with E-state index in [1.54, 1.807) is 14.2 Å². The summed E-state index contributed by atoms with van der Waals surface area (Å²) in [5.74, 6) is 2.39. The minimum atomic E-state index is 0.627. The number of anilines is 1. The minimum absolute atomic E-state index is 0.627. The molecule has 0 aliphatic rings. The fraction of sp³-hybridized carbons (Fsp3) is 0.474. The number of hydrogen-bond donors (Lipinski definition) is 2. The van der Waals surface area contributed by atoms with Gasteiger partial charge in [0.2, 0.25) is 0 Å². The molecule has 1 heterocycles. The summed E-state index contributed by atoms with van der Waals surface area (Å²) in [6.07, 6.45) is 1.68. The molecule has 2 N–H and O–H groups in total. The number of aromatic nitrogens is 1. The van der Waals surface area contributed by atoms with Crippen LogP contribution in [0.1, 0.15) is 23.4 Å². The lowest BCUT2D eigenvalue weighted by Crippen LogP contribution is -2.32. The summed E-state index contributed by atoms with van der Waals surface area (Å²) < 4.78 is 15.9. The van der Waals surface area contributed by atoms with Crippen molar-refractivity contribution in [3.05, 3.63) is 41.3 Å². The zero-order valence-electron chi connectivity index (χ0n) is 16.0. The van der Waals surface area contributed by atoms with Crippen LogP contribution in [0.5, 0.6) is 5.75 Å². The second kappa shape index (κ2) is 10.5. The van der Waals surface area contributed by atoms with E-state index in [1.165, 1.54) is 0 Å². The van der Waals surface area contributed by atoms with E-state index in [1.807, 2.05) is 38.1 Å². The molecule has 1 aromatic carbocycles. The van der Waals surface area contributed by atoms with Crippen LogP contribution in [0.4, 0.5) is 5.69 Å². The van der Waals surface area contributed by atoms with Gasteiger partial charge in [-0.2, -0.15) is 0 Å². The lowest BCUT2D eigenvalue weighted by Gasteiger charge is -2.13. The highest BCUT2D eigenvalue weighted by molar-refractivity contribution is 5.93. The number of nitrogens with one attached hydrogen (secondary N) is 2. The molecule has 26 heavy (non-hydrogen) atoms. The van der Waals surface area contributed by atoms with Crippen LogP contribution >= 0.6 is 0 Å². The standard InChI is InChI=1S/C19H28N4O3/c1-14-18(15(2)26-23-14)9-10-21-19(20-3)22-16-7-5-8-17(13-16)25-12-6-11-24-4/h5,7-8,13H,6,9-12H2,1-4H3,(H2,20,21,22). The highest BCUT2D eigenvalue weighted by Gasteiger charge is 2.09. The van der Waals surface area contributed by atoms with Crippen LogP contribution in [0.25, 0.3) is 0 Å². The molecule has 0 aliphatic carbocycles. The van der Waals surface area contributed by atoms with E-state index < -0.39 is 0 Å². The van der Waals surface area contributed by atoms with Gasteiger partial charge in [0.15, 0.2) is 5.96 Å². The van der Waals surface area contributed by atoms with Crippen LogP contribution in [-0.4, -0.2) is 45.0 Å². The van der Waals surface area contributed by atoms with Crippen LogP contribution in [0.15, 0.2) is 33.8 Å². The molecule has 0 aliphatic heterocycles. The van der Waals surface area contributed by atoms with Crippen molar-refractivity contribution in [1.29, 1.82) is 0 Å². The van der Waals surface area contributed by atoms with Crippen LogP contribution in [0.2, 0.25) is 0 Å². The van der Waals surface area contributed by atoms with Crippen molar-refractivity contribution in [2.75, 3.05) is 39.2 Å². The predicted octanol–water partition coefficient (Wildman–Crippen LogP) is 2.94. The number of hydrogen-bond acceptors (Lipinski definition) is 5. The highest BCUT2D eigenvalue weighted by atomic mass is 16.5. The Kier molecular flexibility index (Phi) is 7.95. The maximum absolute atomic E-state index is 5.72. The molecular weight excluding hydrogens is 332 g/mol. The molecule has 2 rings (SSSR count). The third-order valence-electron chi connectivity index (χ3n) is 3.93.